The number of allylic oxidation sites excluding steroid dienone is 2. The zero-order valence-electron chi connectivity index (χ0n) is 11.7. The van der Waals surface area contributed by atoms with Gasteiger partial charge in [0.2, 0.25) is 5.91 Å². The molecule has 0 spiro atoms. The van der Waals surface area contributed by atoms with E-state index in [1.165, 1.54) is 0 Å². The molecule has 21 heavy (non-hydrogen) atoms. The van der Waals surface area contributed by atoms with Crippen LogP contribution < -0.4 is 5.32 Å². The first-order valence-corrected chi connectivity index (χ1v) is 7.10. The monoisotopic (exact) mass is 283 g/mol. The number of amides is 1. The van der Waals surface area contributed by atoms with Crippen LogP contribution in [-0.2, 0) is 11.3 Å². The second-order valence-corrected chi connectivity index (χ2v) is 5.17. The van der Waals surface area contributed by atoms with Gasteiger partial charge in [0.15, 0.2) is 5.76 Å². The number of nitrogens with zero attached hydrogens (tertiary/aromatic N) is 2. The maximum atomic E-state index is 11.8. The van der Waals surface area contributed by atoms with Crippen LogP contribution in [0.4, 0.5) is 0 Å². The van der Waals surface area contributed by atoms with Gasteiger partial charge in [0.25, 0.3) is 0 Å². The highest BCUT2D eigenvalue weighted by molar-refractivity contribution is 5.76. The lowest BCUT2D eigenvalue weighted by atomic mass is 10.1. The van der Waals surface area contributed by atoms with E-state index in [2.05, 4.69) is 27.6 Å². The predicted octanol–water partition coefficient (Wildman–Crippen LogP) is 2.71. The second-order valence-electron chi connectivity index (χ2n) is 5.17. The Hall–Kier alpha value is -2.43. The molecule has 0 bridgehead atoms. The minimum absolute atomic E-state index is 0.0471. The summed E-state index contributed by atoms with van der Waals surface area (Å²) >= 11 is 0. The molecule has 1 unspecified atom stereocenters. The lowest BCUT2D eigenvalue weighted by Crippen LogP contribution is -2.24. The van der Waals surface area contributed by atoms with Gasteiger partial charge in [-0.2, -0.15) is 0 Å². The minimum Gasteiger partial charge on any atom is -0.359 e. The molecule has 5 heteroatoms. The summed E-state index contributed by atoms with van der Waals surface area (Å²) in [5, 5.41) is 6.86. The van der Waals surface area contributed by atoms with Crippen molar-refractivity contribution in [1.82, 2.24) is 15.5 Å². The number of rotatable bonds is 5. The molecule has 108 valence electrons. The molecule has 3 rings (SSSR count). The quantitative estimate of drug-likeness (QED) is 0.857. The van der Waals surface area contributed by atoms with Crippen LogP contribution in [-0.4, -0.2) is 16.0 Å². The predicted molar refractivity (Wildman–Crippen MR) is 78.1 cm³/mol. The molecule has 0 saturated carbocycles. The first kappa shape index (κ1) is 13.5. The number of hydrogen-bond acceptors (Lipinski definition) is 4. The summed E-state index contributed by atoms with van der Waals surface area (Å²) in [5.41, 5.74) is 1.63. The average Bonchev–Trinajstić information content (AvgIpc) is 3.17. The third kappa shape index (κ3) is 3.56. The van der Waals surface area contributed by atoms with E-state index < -0.39 is 0 Å². The molecule has 1 aliphatic rings. The number of nitrogens with one attached hydrogen (secondary N) is 1. The molecular formula is C16H17N3O2. The Kier molecular flexibility index (Phi) is 4.09. The Bertz CT molecular complexity index is 634. The molecule has 0 aliphatic heterocycles. The highest BCUT2D eigenvalue weighted by atomic mass is 16.5. The van der Waals surface area contributed by atoms with Gasteiger partial charge in [-0.05, 0) is 30.9 Å². The second kappa shape index (κ2) is 6.35. The molecule has 2 aromatic heterocycles. The van der Waals surface area contributed by atoms with Gasteiger partial charge in [-0.3, -0.25) is 9.78 Å². The summed E-state index contributed by atoms with van der Waals surface area (Å²) in [5.74, 6) is 1.07. The van der Waals surface area contributed by atoms with Crippen molar-refractivity contribution in [3.63, 3.8) is 0 Å². The summed E-state index contributed by atoms with van der Waals surface area (Å²) in [6.07, 6.45) is 10.4. The highest BCUT2D eigenvalue weighted by Gasteiger charge is 2.14. The molecule has 1 N–H and O–H groups in total. The van der Waals surface area contributed by atoms with E-state index in [-0.39, 0.29) is 5.91 Å². The van der Waals surface area contributed by atoms with Crippen LogP contribution in [0.25, 0.3) is 11.3 Å². The third-order valence-electron chi connectivity index (χ3n) is 3.54. The van der Waals surface area contributed by atoms with Crippen molar-refractivity contribution >= 4 is 5.91 Å². The SMILES string of the molecule is O=C(CC1C=CCC1)NCc1cc(-c2cccnc2)no1. The first-order valence-electron chi connectivity index (χ1n) is 7.10. The zero-order chi connectivity index (χ0) is 14.5. The smallest absolute Gasteiger partial charge is 0.220 e. The first-order chi connectivity index (χ1) is 10.3. The van der Waals surface area contributed by atoms with Crippen LogP contribution in [0.3, 0.4) is 0 Å². The van der Waals surface area contributed by atoms with Gasteiger partial charge in [-0.1, -0.05) is 17.3 Å². The van der Waals surface area contributed by atoms with Gasteiger partial charge < -0.3 is 9.84 Å². The topological polar surface area (TPSA) is 68.0 Å². The van der Waals surface area contributed by atoms with Crippen LogP contribution >= 0.6 is 0 Å². The molecule has 0 fully saturated rings. The summed E-state index contributed by atoms with van der Waals surface area (Å²) in [6, 6.07) is 5.59. The normalized spacial score (nSPS) is 17.0. The van der Waals surface area contributed by atoms with E-state index in [0.717, 1.165) is 24.1 Å². The molecule has 0 aromatic carbocycles. The molecule has 0 saturated heterocycles. The number of aromatic nitrogens is 2. The Morgan fingerprint density at radius 1 is 1.48 bits per heavy atom. The minimum atomic E-state index is 0.0471. The van der Waals surface area contributed by atoms with Crippen LogP contribution in [0.1, 0.15) is 25.0 Å². The van der Waals surface area contributed by atoms with Crippen LogP contribution in [0.5, 0.6) is 0 Å². The van der Waals surface area contributed by atoms with Crippen molar-refractivity contribution < 1.29 is 9.32 Å². The van der Waals surface area contributed by atoms with Crippen molar-refractivity contribution in [3.05, 3.63) is 48.5 Å². The number of carbonyl (C=O) groups is 1. The largest absolute Gasteiger partial charge is 0.359 e. The Balaban J connectivity index is 1.53. The van der Waals surface area contributed by atoms with E-state index in [1.807, 2.05) is 18.2 Å². The Labute approximate surface area is 123 Å². The van der Waals surface area contributed by atoms with Gasteiger partial charge in [-0.25, -0.2) is 0 Å². The average molecular weight is 283 g/mol. The molecule has 1 amide bonds. The van der Waals surface area contributed by atoms with Gasteiger partial charge >= 0.3 is 0 Å². The van der Waals surface area contributed by atoms with Gasteiger partial charge in [0, 0.05) is 30.4 Å². The fourth-order valence-electron chi connectivity index (χ4n) is 2.41. The standard InChI is InChI=1S/C16H17N3O2/c20-16(8-12-4-1-2-5-12)18-11-14-9-15(19-21-14)13-6-3-7-17-10-13/h1,3-4,6-7,9-10,12H,2,5,8,11H2,(H,18,20). The van der Waals surface area contributed by atoms with E-state index in [1.54, 1.807) is 12.4 Å². The van der Waals surface area contributed by atoms with Crippen LogP contribution in [0, 0.1) is 5.92 Å². The van der Waals surface area contributed by atoms with Crippen molar-refractivity contribution in [2.75, 3.05) is 0 Å². The maximum Gasteiger partial charge on any atom is 0.220 e. The number of pyridine rings is 1. The van der Waals surface area contributed by atoms with Crippen molar-refractivity contribution in [3.8, 4) is 11.3 Å². The molecule has 1 atom stereocenters. The van der Waals surface area contributed by atoms with Gasteiger partial charge in [0.05, 0.1) is 6.54 Å². The molecule has 0 radical (unpaired) electrons. The Morgan fingerprint density at radius 3 is 3.19 bits per heavy atom. The molecule has 2 aromatic rings. The summed E-state index contributed by atoms with van der Waals surface area (Å²) in [6.45, 7) is 0.364. The van der Waals surface area contributed by atoms with Crippen LogP contribution in [0.15, 0.2) is 47.3 Å². The summed E-state index contributed by atoms with van der Waals surface area (Å²) in [7, 11) is 0. The zero-order valence-corrected chi connectivity index (χ0v) is 11.7. The molecule has 1 aliphatic carbocycles. The highest BCUT2D eigenvalue weighted by Crippen LogP contribution is 2.20. The lowest BCUT2D eigenvalue weighted by molar-refractivity contribution is -0.121. The maximum absolute atomic E-state index is 11.8. The van der Waals surface area contributed by atoms with E-state index in [4.69, 9.17) is 4.52 Å². The molecular weight excluding hydrogens is 266 g/mol. The number of carbonyl (C=O) groups excluding carboxylic acids is 1. The fraction of sp³-hybridized carbons (Fsp3) is 0.312. The third-order valence-corrected chi connectivity index (χ3v) is 3.54. The molecule has 5 nitrogen and oxygen atoms in total. The van der Waals surface area contributed by atoms with E-state index in [9.17, 15) is 4.79 Å². The summed E-state index contributed by atoms with van der Waals surface area (Å²) in [4.78, 5) is 15.9. The van der Waals surface area contributed by atoms with Crippen molar-refractivity contribution in [2.24, 2.45) is 5.92 Å². The van der Waals surface area contributed by atoms with E-state index >= 15 is 0 Å². The molecule has 2 heterocycles. The summed E-state index contributed by atoms with van der Waals surface area (Å²) < 4.78 is 5.23. The van der Waals surface area contributed by atoms with Crippen molar-refractivity contribution in [2.45, 2.75) is 25.8 Å². The van der Waals surface area contributed by atoms with Crippen molar-refractivity contribution in [1.29, 1.82) is 0 Å². The van der Waals surface area contributed by atoms with E-state index in [0.29, 0.717) is 24.6 Å². The van der Waals surface area contributed by atoms with Gasteiger partial charge in [-0.15, -0.1) is 0 Å². The lowest BCUT2D eigenvalue weighted by Gasteiger charge is -2.06. The van der Waals surface area contributed by atoms with Gasteiger partial charge in [0.1, 0.15) is 5.69 Å². The Morgan fingerprint density at radius 2 is 2.43 bits per heavy atom. The number of hydrogen-bond donors (Lipinski definition) is 1. The van der Waals surface area contributed by atoms with Crippen LogP contribution in [0.2, 0.25) is 0 Å². The fourth-order valence-corrected chi connectivity index (χ4v) is 2.41.